The van der Waals surface area contributed by atoms with Gasteiger partial charge in [-0.1, -0.05) is 74.0 Å². The smallest absolute Gasteiger partial charge is 0.236 e. The van der Waals surface area contributed by atoms with Crippen LogP contribution in [0.5, 0.6) is 5.88 Å². The number of H-pyrrole nitrogens is 1. The molecule has 32 heavy (non-hydrogen) atoms. The van der Waals surface area contributed by atoms with Gasteiger partial charge in [-0.25, -0.2) is 9.97 Å². The summed E-state index contributed by atoms with van der Waals surface area (Å²) in [7, 11) is 0. The predicted molar refractivity (Wildman–Crippen MR) is 123 cm³/mol. The quantitative estimate of drug-likeness (QED) is 0.397. The van der Waals surface area contributed by atoms with Gasteiger partial charge in [0.1, 0.15) is 12.3 Å². The summed E-state index contributed by atoms with van der Waals surface area (Å²) in [4.78, 5) is 9.46. The maximum Gasteiger partial charge on any atom is 0.236 e. The summed E-state index contributed by atoms with van der Waals surface area (Å²) in [5.41, 5.74) is 6.75. The largest absolute Gasteiger partial charge is 0.471 e. The second kappa shape index (κ2) is 8.93. The van der Waals surface area contributed by atoms with Crippen molar-refractivity contribution in [2.75, 3.05) is 0 Å². The highest BCUT2D eigenvalue weighted by Gasteiger charge is 2.12. The van der Waals surface area contributed by atoms with Crippen molar-refractivity contribution in [3.05, 3.63) is 84.1 Å². The van der Waals surface area contributed by atoms with Crippen molar-refractivity contribution in [3.8, 4) is 28.4 Å². The Kier molecular flexibility index (Phi) is 5.53. The fourth-order valence-corrected chi connectivity index (χ4v) is 3.67. The van der Waals surface area contributed by atoms with E-state index in [9.17, 15) is 0 Å². The van der Waals surface area contributed by atoms with Crippen molar-refractivity contribution in [2.45, 2.75) is 26.4 Å². The molecule has 2 aromatic heterocycles. The van der Waals surface area contributed by atoms with Gasteiger partial charge in [-0.05, 0) is 40.5 Å². The minimum atomic E-state index is 0.427. The lowest BCUT2D eigenvalue weighted by atomic mass is 9.98. The number of para-hydroxylation sites is 2. The van der Waals surface area contributed by atoms with Gasteiger partial charge >= 0.3 is 0 Å². The van der Waals surface area contributed by atoms with E-state index in [4.69, 9.17) is 14.7 Å². The first-order chi connectivity index (χ1) is 15.8. The third-order valence-electron chi connectivity index (χ3n) is 5.25. The second-order valence-corrected chi connectivity index (χ2v) is 7.48. The minimum Gasteiger partial charge on any atom is -0.471 e. The molecule has 0 amide bonds. The maximum absolute atomic E-state index is 6.11. The topological polar surface area (TPSA) is 89.5 Å². The van der Waals surface area contributed by atoms with Gasteiger partial charge in [-0.3, -0.25) is 0 Å². The van der Waals surface area contributed by atoms with Crippen LogP contribution in [0.3, 0.4) is 0 Å². The molecular formula is C25H22N6O. The molecule has 7 heteroatoms. The number of aromatic amines is 1. The molecule has 0 fully saturated rings. The zero-order valence-electron chi connectivity index (χ0n) is 17.7. The van der Waals surface area contributed by atoms with Gasteiger partial charge in [0.25, 0.3) is 0 Å². The highest BCUT2D eigenvalue weighted by molar-refractivity contribution is 5.80. The predicted octanol–water partition coefficient (Wildman–Crippen LogP) is 5.01. The van der Waals surface area contributed by atoms with Gasteiger partial charge in [0.15, 0.2) is 0 Å². The lowest BCUT2D eigenvalue weighted by Crippen LogP contribution is -2.03. The molecule has 5 rings (SSSR count). The van der Waals surface area contributed by atoms with E-state index in [0.717, 1.165) is 51.8 Å². The molecule has 7 nitrogen and oxygen atoms in total. The van der Waals surface area contributed by atoms with Crippen molar-refractivity contribution in [3.63, 3.8) is 0 Å². The highest BCUT2D eigenvalue weighted by atomic mass is 16.5. The summed E-state index contributed by atoms with van der Waals surface area (Å²) in [6.07, 6.45) is 1.82. The van der Waals surface area contributed by atoms with Crippen LogP contribution < -0.4 is 4.74 Å². The number of ether oxygens (including phenoxy) is 1. The van der Waals surface area contributed by atoms with E-state index in [-0.39, 0.29) is 0 Å². The van der Waals surface area contributed by atoms with E-state index in [1.807, 2.05) is 42.5 Å². The molecule has 2 heterocycles. The van der Waals surface area contributed by atoms with Crippen LogP contribution in [-0.2, 0) is 13.0 Å². The molecule has 0 spiro atoms. The van der Waals surface area contributed by atoms with Crippen LogP contribution in [0.25, 0.3) is 33.5 Å². The Labute approximate surface area is 185 Å². The Morgan fingerprint density at radius 3 is 2.25 bits per heavy atom. The molecule has 0 atom stereocenters. The number of nitrogens with zero attached hydrogens (tertiary/aromatic N) is 5. The first-order valence-corrected chi connectivity index (χ1v) is 10.6. The highest BCUT2D eigenvalue weighted by Crippen LogP contribution is 2.30. The van der Waals surface area contributed by atoms with E-state index >= 15 is 0 Å². The summed E-state index contributed by atoms with van der Waals surface area (Å²) >= 11 is 0. The van der Waals surface area contributed by atoms with Crippen LogP contribution in [0.4, 0.5) is 0 Å². The van der Waals surface area contributed by atoms with Crippen molar-refractivity contribution in [2.24, 2.45) is 0 Å². The Morgan fingerprint density at radius 1 is 0.812 bits per heavy atom. The van der Waals surface area contributed by atoms with Crippen molar-refractivity contribution >= 4 is 11.0 Å². The molecule has 1 N–H and O–H groups in total. The van der Waals surface area contributed by atoms with E-state index in [1.165, 1.54) is 0 Å². The van der Waals surface area contributed by atoms with E-state index in [1.54, 1.807) is 0 Å². The Bertz CT molecular complexity index is 1330. The van der Waals surface area contributed by atoms with Crippen LogP contribution in [0.2, 0.25) is 0 Å². The molecule has 0 saturated heterocycles. The first-order valence-electron chi connectivity index (χ1n) is 10.6. The van der Waals surface area contributed by atoms with Gasteiger partial charge in [-0.15, -0.1) is 10.2 Å². The molecule has 0 radical (unpaired) electrons. The molecule has 0 aliphatic carbocycles. The first kappa shape index (κ1) is 19.8. The number of aryl methyl sites for hydroxylation is 1. The van der Waals surface area contributed by atoms with Gasteiger partial charge < -0.3 is 4.74 Å². The molecular weight excluding hydrogens is 400 g/mol. The van der Waals surface area contributed by atoms with Crippen LogP contribution >= 0.6 is 0 Å². The van der Waals surface area contributed by atoms with Gasteiger partial charge in [0.05, 0.1) is 11.0 Å². The fraction of sp³-hybridized carbons (Fsp3) is 0.160. The van der Waals surface area contributed by atoms with E-state index < -0.39 is 0 Å². The third-order valence-corrected chi connectivity index (χ3v) is 5.25. The van der Waals surface area contributed by atoms with Crippen LogP contribution in [0, 0.1) is 0 Å². The maximum atomic E-state index is 6.11. The van der Waals surface area contributed by atoms with Gasteiger partial charge in [-0.2, -0.15) is 5.21 Å². The second-order valence-electron chi connectivity index (χ2n) is 7.48. The Balaban J connectivity index is 1.37. The SMILES string of the molecule is CCCc1nc2ccccc2nc1OCc1ccc(-c2ccccc2-c2nn[nH]n2)cc1. The third kappa shape index (κ3) is 4.05. The molecule has 0 aliphatic heterocycles. The Morgan fingerprint density at radius 2 is 1.53 bits per heavy atom. The number of hydrogen-bond acceptors (Lipinski definition) is 6. The number of tetrazole rings is 1. The monoisotopic (exact) mass is 422 g/mol. The number of nitrogens with one attached hydrogen (secondary N) is 1. The van der Waals surface area contributed by atoms with Gasteiger partial charge in [0.2, 0.25) is 11.7 Å². The fourth-order valence-electron chi connectivity index (χ4n) is 3.67. The molecule has 5 aromatic rings. The van der Waals surface area contributed by atoms with Crippen molar-refractivity contribution in [1.82, 2.24) is 30.6 Å². The normalized spacial score (nSPS) is 11.0. The van der Waals surface area contributed by atoms with Crippen LogP contribution in [0.15, 0.2) is 72.8 Å². The summed E-state index contributed by atoms with van der Waals surface area (Å²) in [6, 6.07) is 24.2. The summed E-state index contributed by atoms with van der Waals surface area (Å²) in [5.74, 6) is 1.18. The molecule has 0 saturated carbocycles. The number of hydrogen-bond donors (Lipinski definition) is 1. The number of fused-ring (bicyclic) bond motifs is 1. The number of rotatable bonds is 7. The molecule has 0 bridgehead atoms. The van der Waals surface area contributed by atoms with Gasteiger partial charge in [0, 0.05) is 5.56 Å². The van der Waals surface area contributed by atoms with Crippen LogP contribution in [-0.4, -0.2) is 30.6 Å². The molecule has 158 valence electrons. The average Bonchev–Trinajstić information content (AvgIpc) is 3.38. The molecule has 3 aromatic carbocycles. The summed E-state index contributed by atoms with van der Waals surface area (Å²) in [6.45, 7) is 2.56. The lowest BCUT2D eigenvalue weighted by Gasteiger charge is -2.12. The summed E-state index contributed by atoms with van der Waals surface area (Å²) in [5, 5.41) is 14.4. The Hall–Kier alpha value is -4.13. The average molecular weight is 422 g/mol. The van der Waals surface area contributed by atoms with Crippen molar-refractivity contribution in [1.29, 1.82) is 0 Å². The van der Waals surface area contributed by atoms with Crippen molar-refractivity contribution < 1.29 is 4.74 Å². The van der Waals surface area contributed by atoms with Crippen LogP contribution in [0.1, 0.15) is 24.6 Å². The molecule has 0 unspecified atom stereocenters. The minimum absolute atomic E-state index is 0.427. The molecule has 0 aliphatic rings. The zero-order chi connectivity index (χ0) is 21.8. The van der Waals surface area contributed by atoms with E-state index in [0.29, 0.717) is 18.3 Å². The summed E-state index contributed by atoms with van der Waals surface area (Å²) < 4.78 is 6.11. The lowest BCUT2D eigenvalue weighted by molar-refractivity contribution is 0.289. The van der Waals surface area contributed by atoms with E-state index in [2.05, 4.69) is 57.9 Å². The zero-order valence-corrected chi connectivity index (χ0v) is 17.7. The number of aromatic nitrogens is 6. The standard InChI is InChI=1S/C25H22N6O/c1-2-7-23-25(27-22-11-6-5-10-21(22)26-23)32-16-17-12-14-18(15-13-17)19-8-3-4-9-20(19)24-28-30-31-29-24/h3-6,8-15H,2,7,16H2,1H3,(H,28,29,30,31). The number of benzene rings is 3.